The highest BCUT2D eigenvalue weighted by atomic mass is 16.6. The number of aromatic carboxylic acids is 1. The Labute approximate surface area is 117 Å². The van der Waals surface area contributed by atoms with Gasteiger partial charge in [0, 0.05) is 11.3 Å². The molecule has 0 spiro atoms. The third kappa shape index (κ3) is 4.02. The van der Waals surface area contributed by atoms with Gasteiger partial charge >= 0.3 is 12.1 Å². The van der Waals surface area contributed by atoms with E-state index in [2.05, 4.69) is 11.2 Å². The van der Waals surface area contributed by atoms with Gasteiger partial charge in [0.15, 0.2) is 0 Å². The number of carbonyl (C=O) groups is 2. The molecule has 20 heavy (non-hydrogen) atoms. The summed E-state index contributed by atoms with van der Waals surface area (Å²) in [6.45, 7) is 6.82. The summed E-state index contributed by atoms with van der Waals surface area (Å²) < 4.78 is 5.10. The first-order valence-electron chi connectivity index (χ1n) is 5.98. The van der Waals surface area contributed by atoms with Crippen molar-refractivity contribution in [3.05, 3.63) is 28.8 Å². The number of anilines is 1. The molecule has 1 aromatic rings. The van der Waals surface area contributed by atoms with Crippen LogP contribution in [0.1, 0.15) is 42.3 Å². The molecule has 0 aliphatic carbocycles. The van der Waals surface area contributed by atoms with Gasteiger partial charge in [0.2, 0.25) is 0 Å². The molecule has 0 saturated heterocycles. The molecule has 0 fully saturated rings. The lowest BCUT2D eigenvalue weighted by Crippen LogP contribution is -2.27. The molecule has 0 radical (unpaired) electrons. The Morgan fingerprint density at radius 3 is 2.40 bits per heavy atom. The maximum absolute atomic E-state index is 11.7. The van der Waals surface area contributed by atoms with Gasteiger partial charge in [-0.1, -0.05) is 5.92 Å². The molecule has 106 valence electrons. The average molecular weight is 275 g/mol. The number of nitrogens with one attached hydrogen (secondary N) is 1. The van der Waals surface area contributed by atoms with E-state index < -0.39 is 17.7 Å². The van der Waals surface area contributed by atoms with Gasteiger partial charge < -0.3 is 9.84 Å². The Balaban J connectivity index is 3.09. The van der Waals surface area contributed by atoms with Crippen molar-refractivity contribution in [2.24, 2.45) is 0 Å². The normalized spacial score (nSPS) is 10.6. The molecule has 5 nitrogen and oxygen atoms in total. The minimum atomic E-state index is -1.10. The predicted octanol–water partition coefficient (Wildman–Crippen LogP) is 3.02. The van der Waals surface area contributed by atoms with E-state index in [9.17, 15) is 9.59 Å². The molecule has 0 heterocycles. The molecular formula is C15H17NO4. The monoisotopic (exact) mass is 275 g/mol. The van der Waals surface area contributed by atoms with Crippen molar-refractivity contribution < 1.29 is 19.4 Å². The minimum Gasteiger partial charge on any atom is -0.478 e. The fourth-order valence-corrected chi connectivity index (χ4v) is 1.58. The van der Waals surface area contributed by atoms with Crippen molar-refractivity contribution in [3.63, 3.8) is 0 Å². The van der Waals surface area contributed by atoms with E-state index in [1.165, 1.54) is 12.1 Å². The van der Waals surface area contributed by atoms with Crippen LogP contribution < -0.4 is 5.32 Å². The summed E-state index contributed by atoms with van der Waals surface area (Å²) >= 11 is 0. The Morgan fingerprint density at radius 1 is 1.35 bits per heavy atom. The first kappa shape index (κ1) is 15.6. The molecule has 0 saturated carbocycles. The number of ether oxygens (including phenoxy) is 1. The summed E-state index contributed by atoms with van der Waals surface area (Å²) in [6, 6.07) is 2.88. The molecule has 1 aromatic carbocycles. The maximum atomic E-state index is 11.7. The van der Waals surface area contributed by atoms with E-state index >= 15 is 0 Å². The Hall–Kier alpha value is -2.48. The van der Waals surface area contributed by atoms with Crippen molar-refractivity contribution in [1.29, 1.82) is 0 Å². The summed E-state index contributed by atoms with van der Waals surface area (Å²) in [4.78, 5) is 22.8. The standard InChI is InChI=1S/C15H17NO4/c1-6-10-7-11(8-12(9(10)2)13(17)18)16-14(19)20-15(3,4)5/h1,7-8H,2-5H3,(H,16,19)(H,17,18). The van der Waals surface area contributed by atoms with Crippen LogP contribution in [0.25, 0.3) is 0 Å². The number of carboxylic acid groups (broad SMARTS) is 1. The van der Waals surface area contributed by atoms with Crippen LogP contribution in [0, 0.1) is 19.3 Å². The van der Waals surface area contributed by atoms with Crippen molar-refractivity contribution in [3.8, 4) is 12.3 Å². The average Bonchev–Trinajstić information content (AvgIpc) is 2.28. The van der Waals surface area contributed by atoms with Crippen LogP contribution in [0.3, 0.4) is 0 Å². The lowest BCUT2D eigenvalue weighted by molar-refractivity contribution is 0.0632. The van der Waals surface area contributed by atoms with Gasteiger partial charge in [-0.25, -0.2) is 9.59 Å². The zero-order chi connectivity index (χ0) is 15.5. The predicted molar refractivity (Wildman–Crippen MR) is 75.9 cm³/mol. The number of benzene rings is 1. The zero-order valence-electron chi connectivity index (χ0n) is 11.9. The second kappa shape index (κ2) is 5.66. The van der Waals surface area contributed by atoms with E-state index in [0.717, 1.165) is 0 Å². The van der Waals surface area contributed by atoms with Crippen molar-refractivity contribution in [2.75, 3.05) is 5.32 Å². The Bertz CT molecular complexity index is 591. The lowest BCUT2D eigenvalue weighted by Gasteiger charge is -2.20. The Kier molecular flexibility index (Phi) is 4.41. The van der Waals surface area contributed by atoms with Crippen LogP contribution in [0.5, 0.6) is 0 Å². The van der Waals surface area contributed by atoms with Gasteiger partial charge in [-0.3, -0.25) is 5.32 Å². The third-order valence-corrected chi connectivity index (χ3v) is 2.44. The SMILES string of the molecule is C#Cc1cc(NC(=O)OC(C)(C)C)cc(C(=O)O)c1C. The zero-order valence-corrected chi connectivity index (χ0v) is 11.9. The highest BCUT2D eigenvalue weighted by molar-refractivity contribution is 5.93. The number of terminal acetylenes is 1. The van der Waals surface area contributed by atoms with Crippen molar-refractivity contribution >= 4 is 17.7 Å². The topological polar surface area (TPSA) is 75.6 Å². The first-order chi connectivity index (χ1) is 9.14. The van der Waals surface area contributed by atoms with Gasteiger partial charge in [0.25, 0.3) is 0 Å². The molecule has 0 bridgehead atoms. The highest BCUT2D eigenvalue weighted by Gasteiger charge is 2.18. The second-order valence-electron chi connectivity index (χ2n) is 5.27. The number of hydrogen-bond acceptors (Lipinski definition) is 3. The van der Waals surface area contributed by atoms with Crippen LogP contribution in [-0.4, -0.2) is 22.8 Å². The van der Waals surface area contributed by atoms with E-state index in [-0.39, 0.29) is 11.3 Å². The number of rotatable bonds is 2. The van der Waals surface area contributed by atoms with Crippen LogP contribution in [-0.2, 0) is 4.74 Å². The lowest BCUT2D eigenvalue weighted by atomic mass is 10.0. The van der Waals surface area contributed by atoms with Crippen molar-refractivity contribution in [1.82, 2.24) is 0 Å². The fourth-order valence-electron chi connectivity index (χ4n) is 1.58. The van der Waals surface area contributed by atoms with E-state index in [1.807, 2.05) is 0 Å². The summed E-state index contributed by atoms with van der Waals surface area (Å²) in [7, 11) is 0. The first-order valence-corrected chi connectivity index (χ1v) is 5.98. The molecule has 1 amide bonds. The minimum absolute atomic E-state index is 0.0477. The third-order valence-electron chi connectivity index (χ3n) is 2.44. The molecule has 2 N–H and O–H groups in total. The summed E-state index contributed by atoms with van der Waals surface area (Å²) in [6.07, 6.45) is 4.67. The second-order valence-corrected chi connectivity index (χ2v) is 5.27. The molecule has 0 unspecified atom stereocenters. The molecule has 1 rings (SSSR count). The van der Waals surface area contributed by atoms with E-state index in [1.54, 1.807) is 27.7 Å². The molecule has 0 aliphatic heterocycles. The van der Waals surface area contributed by atoms with E-state index in [0.29, 0.717) is 11.1 Å². The fraction of sp³-hybridized carbons (Fsp3) is 0.333. The van der Waals surface area contributed by atoms with Crippen LogP contribution >= 0.6 is 0 Å². The van der Waals surface area contributed by atoms with Gasteiger partial charge in [0.1, 0.15) is 5.60 Å². The Morgan fingerprint density at radius 2 is 1.95 bits per heavy atom. The summed E-state index contributed by atoms with van der Waals surface area (Å²) in [5.41, 5.74) is 0.590. The number of hydrogen-bond donors (Lipinski definition) is 2. The van der Waals surface area contributed by atoms with Gasteiger partial charge in [-0.15, -0.1) is 6.42 Å². The highest BCUT2D eigenvalue weighted by Crippen LogP contribution is 2.21. The molecule has 0 atom stereocenters. The molecule has 5 heteroatoms. The molecular weight excluding hydrogens is 258 g/mol. The number of amides is 1. The van der Waals surface area contributed by atoms with Crippen LogP contribution in [0.2, 0.25) is 0 Å². The van der Waals surface area contributed by atoms with Crippen LogP contribution in [0.4, 0.5) is 10.5 Å². The summed E-state index contributed by atoms with van der Waals surface area (Å²) in [5, 5.41) is 11.6. The molecule has 0 aliphatic rings. The number of carboxylic acids is 1. The largest absolute Gasteiger partial charge is 0.478 e. The smallest absolute Gasteiger partial charge is 0.412 e. The number of carbonyl (C=O) groups excluding carboxylic acids is 1. The maximum Gasteiger partial charge on any atom is 0.412 e. The van der Waals surface area contributed by atoms with E-state index in [4.69, 9.17) is 16.3 Å². The van der Waals surface area contributed by atoms with Gasteiger partial charge in [-0.05, 0) is 45.4 Å². The molecule has 0 aromatic heterocycles. The summed E-state index contributed by atoms with van der Waals surface area (Å²) in [5.74, 6) is 1.29. The van der Waals surface area contributed by atoms with Gasteiger partial charge in [0.05, 0.1) is 5.56 Å². The van der Waals surface area contributed by atoms with Crippen molar-refractivity contribution in [2.45, 2.75) is 33.3 Å². The van der Waals surface area contributed by atoms with Crippen LogP contribution in [0.15, 0.2) is 12.1 Å². The van der Waals surface area contributed by atoms with Gasteiger partial charge in [-0.2, -0.15) is 0 Å². The quantitative estimate of drug-likeness (QED) is 0.813.